The molecule has 1 amide bonds. The van der Waals surface area contributed by atoms with Crippen LogP contribution in [-0.2, 0) is 22.4 Å². The van der Waals surface area contributed by atoms with Gasteiger partial charge in [0.25, 0.3) is 0 Å². The van der Waals surface area contributed by atoms with E-state index in [0.717, 1.165) is 30.5 Å². The molecule has 0 unspecified atom stereocenters. The van der Waals surface area contributed by atoms with Gasteiger partial charge in [-0.3, -0.25) is 4.90 Å². The summed E-state index contributed by atoms with van der Waals surface area (Å²) in [5, 5.41) is 2.72. The monoisotopic (exact) mass is 416 g/mol. The number of thiophene rings is 1. The number of rotatable bonds is 9. The van der Waals surface area contributed by atoms with E-state index < -0.39 is 6.09 Å². The van der Waals surface area contributed by atoms with Crippen molar-refractivity contribution in [3.63, 3.8) is 0 Å². The molecule has 29 heavy (non-hydrogen) atoms. The Bertz CT molecular complexity index is 860. The molecule has 0 atom stereocenters. The quantitative estimate of drug-likeness (QED) is 0.493. The number of hydrogen-bond acceptors (Lipinski definition) is 6. The minimum absolute atomic E-state index is 0.332. The normalized spacial score (nSPS) is 13.4. The third-order valence-corrected chi connectivity index (χ3v) is 6.27. The second-order valence-electron chi connectivity index (χ2n) is 7.25. The van der Waals surface area contributed by atoms with Gasteiger partial charge in [0.2, 0.25) is 0 Å². The second kappa shape index (κ2) is 9.89. The minimum atomic E-state index is -0.417. The van der Waals surface area contributed by atoms with Crippen molar-refractivity contribution in [2.75, 3.05) is 27.8 Å². The molecule has 2 aromatic rings. The number of methoxy groups -OCH3 is 2. The molecule has 1 aliphatic rings. The standard InChI is InChI=1S/C22H28N2O4S/c1-24(15-10-11-15)14-16-13-19(17-7-4-5-8-18(17)21(25)27-2)20(29-16)9-6-12-23-22(26)28-3/h4-5,7-8,13,15H,6,9-12,14H2,1-3H3,(H,23,26). The fourth-order valence-electron chi connectivity index (χ4n) is 3.38. The number of esters is 1. The van der Waals surface area contributed by atoms with Crippen molar-refractivity contribution in [3.8, 4) is 11.1 Å². The Morgan fingerprint density at radius 3 is 2.62 bits per heavy atom. The van der Waals surface area contributed by atoms with Crippen LogP contribution in [0.5, 0.6) is 0 Å². The van der Waals surface area contributed by atoms with Crippen molar-refractivity contribution in [1.82, 2.24) is 10.2 Å². The number of hydrogen-bond donors (Lipinski definition) is 1. The number of alkyl carbamates (subject to hydrolysis) is 1. The number of nitrogens with zero attached hydrogens (tertiary/aromatic N) is 1. The molecule has 156 valence electrons. The van der Waals surface area contributed by atoms with Gasteiger partial charge in [-0.1, -0.05) is 18.2 Å². The Kier molecular flexibility index (Phi) is 7.28. The Hall–Kier alpha value is -2.38. The molecule has 1 aromatic carbocycles. The van der Waals surface area contributed by atoms with Gasteiger partial charge in [-0.15, -0.1) is 11.3 Å². The summed E-state index contributed by atoms with van der Waals surface area (Å²) in [5.41, 5.74) is 2.55. The average molecular weight is 417 g/mol. The number of benzene rings is 1. The molecular formula is C22H28N2O4S. The van der Waals surface area contributed by atoms with Crippen LogP contribution in [0, 0.1) is 0 Å². The molecule has 0 aliphatic heterocycles. The molecule has 7 heteroatoms. The molecular weight excluding hydrogens is 388 g/mol. The molecule has 0 bridgehead atoms. The van der Waals surface area contributed by atoms with Gasteiger partial charge < -0.3 is 14.8 Å². The van der Waals surface area contributed by atoms with E-state index in [9.17, 15) is 9.59 Å². The van der Waals surface area contributed by atoms with Crippen LogP contribution in [0.3, 0.4) is 0 Å². The zero-order valence-electron chi connectivity index (χ0n) is 17.2. The molecule has 1 aliphatic carbocycles. The first-order valence-corrected chi connectivity index (χ1v) is 10.7. The van der Waals surface area contributed by atoms with Crippen LogP contribution in [0.1, 0.15) is 39.4 Å². The smallest absolute Gasteiger partial charge is 0.406 e. The van der Waals surface area contributed by atoms with Crippen LogP contribution in [-0.4, -0.2) is 50.8 Å². The highest BCUT2D eigenvalue weighted by Gasteiger charge is 2.27. The van der Waals surface area contributed by atoms with Crippen LogP contribution < -0.4 is 5.32 Å². The van der Waals surface area contributed by atoms with Crippen LogP contribution in [0.15, 0.2) is 30.3 Å². The van der Waals surface area contributed by atoms with Gasteiger partial charge >= 0.3 is 12.1 Å². The molecule has 0 radical (unpaired) electrons. The van der Waals surface area contributed by atoms with E-state index in [-0.39, 0.29) is 5.97 Å². The minimum Gasteiger partial charge on any atom is -0.465 e. The molecule has 3 rings (SSSR count). The summed E-state index contributed by atoms with van der Waals surface area (Å²) in [4.78, 5) is 28.4. The van der Waals surface area contributed by atoms with E-state index in [1.165, 1.54) is 36.8 Å². The first kappa shape index (κ1) is 21.3. The summed E-state index contributed by atoms with van der Waals surface area (Å²) in [6.07, 6.45) is 3.73. The van der Waals surface area contributed by atoms with E-state index in [0.29, 0.717) is 18.2 Å². The van der Waals surface area contributed by atoms with Gasteiger partial charge in [-0.05, 0) is 56.0 Å². The highest BCUT2D eigenvalue weighted by Crippen LogP contribution is 2.36. The summed E-state index contributed by atoms with van der Waals surface area (Å²) < 4.78 is 9.60. The fraction of sp³-hybridized carbons (Fsp3) is 0.455. The van der Waals surface area contributed by atoms with Crippen LogP contribution >= 0.6 is 11.3 Å². The van der Waals surface area contributed by atoms with Gasteiger partial charge in [0.15, 0.2) is 0 Å². The Labute approximate surface area is 175 Å². The Balaban J connectivity index is 1.84. The summed E-state index contributed by atoms with van der Waals surface area (Å²) in [6, 6.07) is 10.5. The van der Waals surface area contributed by atoms with Gasteiger partial charge in [0, 0.05) is 28.9 Å². The highest BCUT2D eigenvalue weighted by molar-refractivity contribution is 7.12. The van der Waals surface area contributed by atoms with Crippen LogP contribution in [0.25, 0.3) is 11.1 Å². The number of carbonyl (C=O) groups excluding carboxylic acids is 2. The van der Waals surface area contributed by atoms with Gasteiger partial charge in [-0.25, -0.2) is 9.59 Å². The maximum Gasteiger partial charge on any atom is 0.406 e. The van der Waals surface area contributed by atoms with E-state index in [2.05, 4.69) is 28.1 Å². The first-order valence-electron chi connectivity index (χ1n) is 9.84. The number of amides is 1. The van der Waals surface area contributed by atoms with Crippen molar-refractivity contribution in [2.24, 2.45) is 0 Å². The largest absolute Gasteiger partial charge is 0.465 e. The summed E-state index contributed by atoms with van der Waals surface area (Å²) in [7, 11) is 4.93. The molecule has 1 saturated carbocycles. The van der Waals surface area contributed by atoms with E-state index >= 15 is 0 Å². The van der Waals surface area contributed by atoms with Crippen molar-refractivity contribution in [2.45, 2.75) is 38.3 Å². The number of carbonyl (C=O) groups is 2. The molecule has 1 fully saturated rings. The van der Waals surface area contributed by atoms with E-state index in [1.807, 2.05) is 18.2 Å². The number of ether oxygens (including phenoxy) is 2. The van der Waals surface area contributed by atoms with Gasteiger partial charge in [0.1, 0.15) is 0 Å². The lowest BCUT2D eigenvalue weighted by Crippen LogP contribution is -2.24. The highest BCUT2D eigenvalue weighted by atomic mass is 32.1. The summed E-state index contributed by atoms with van der Waals surface area (Å²) in [5.74, 6) is -0.332. The van der Waals surface area contributed by atoms with Crippen molar-refractivity contribution >= 4 is 23.4 Å². The molecule has 1 N–H and O–H groups in total. The third-order valence-electron chi connectivity index (χ3n) is 5.09. The van der Waals surface area contributed by atoms with Crippen LogP contribution in [0.4, 0.5) is 4.79 Å². The predicted octanol–water partition coefficient (Wildman–Crippen LogP) is 4.08. The third kappa shape index (κ3) is 5.58. The Morgan fingerprint density at radius 1 is 1.17 bits per heavy atom. The maximum atomic E-state index is 12.3. The SMILES string of the molecule is COC(=O)NCCCc1sc(CN(C)C2CC2)cc1-c1ccccc1C(=O)OC. The lowest BCUT2D eigenvalue weighted by Gasteiger charge is -2.13. The van der Waals surface area contributed by atoms with Crippen molar-refractivity contribution in [1.29, 1.82) is 0 Å². The average Bonchev–Trinajstić information content (AvgIpc) is 3.52. The molecule has 1 aromatic heterocycles. The van der Waals surface area contributed by atoms with Crippen LogP contribution in [0.2, 0.25) is 0 Å². The van der Waals surface area contributed by atoms with Gasteiger partial charge in [0.05, 0.1) is 19.8 Å². The van der Waals surface area contributed by atoms with Crippen molar-refractivity contribution < 1.29 is 19.1 Å². The zero-order chi connectivity index (χ0) is 20.8. The molecule has 6 nitrogen and oxygen atoms in total. The number of aryl methyl sites for hydroxylation is 1. The maximum absolute atomic E-state index is 12.3. The lowest BCUT2D eigenvalue weighted by atomic mass is 9.98. The fourth-order valence-corrected chi connectivity index (χ4v) is 4.67. The summed E-state index contributed by atoms with van der Waals surface area (Å²) >= 11 is 1.78. The van der Waals surface area contributed by atoms with Crippen molar-refractivity contribution in [3.05, 3.63) is 45.6 Å². The molecule has 0 spiro atoms. The zero-order valence-corrected chi connectivity index (χ0v) is 18.0. The second-order valence-corrected chi connectivity index (χ2v) is 8.48. The molecule has 1 heterocycles. The predicted molar refractivity (Wildman–Crippen MR) is 114 cm³/mol. The first-order chi connectivity index (χ1) is 14.0. The topological polar surface area (TPSA) is 67.9 Å². The lowest BCUT2D eigenvalue weighted by molar-refractivity contribution is 0.0601. The number of nitrogens with one attached hydrogen (secondary N) is 1. The van der Waals surface area contributed by atoms with E-state index in [4.69, 9.17) is 4.74 Å². The Morgan fingerprint density at radius 2 is 1.93 bits per heavy atom. The molecule has 0 saturated heterocycles. The van der Waals surface area contributed by atoms with E-state index in [1.54, 1.807) is 17.4 Å². The van der Waals surface area contributed by atoms with Gasteiger partial charge in [-0.2, -0.15) is 0 Å². The summed E-state index contributed by atoms with van der Waals surface area (Å²) in [6.45, 7) is 1.45.